The Labute approximate surface area is 93.0 Å². The minimum atomic E-state index is -0.174. The highest BCUT2D eigenvalue weighted by molar-refractivity contribution is 5.70. The molecule has 15 heavy (non-hydrogen) atoms. The quantitative estimate of drug-likeness (QED) is 0.378. The summed E-state index contributed by atoms with van der Waals surface area (Å²) in [6.07, 6.45) is 4.73. The van der Waals surface area contributed by atoms with Crippen LogP contribution in [0.3, 0.4) is 0 Å². The zero-order chi connectivity index (χ0) is 11.8. The first-order valence-corrected chi connectivity index (χ1v) is 5.41. The summed E-state index contributed by atoms with van der Waals surface area (Å²) in [5.41, 5.74) is 1.33. The minimum Gasteiger partial charge on any atom is -0.432 e. The zero-order valence-corrected chi connectivity index (χ0v) is 10.3. The van der Waals surface area contributed by atoms with Crippen LogP contribution in [-0.4, -0.2) is 5.97 Å². The maximum absolute atomic E-state index is 11.3. The molecule has 2 nitrogen and oxygen atoms in total. The van der Waals surface area contributed by atoms with Gasteiger partial charge >= 0.3 is 5.97 Å². The predicted octanol–water partition coefficient (Wildman–Crippen LogP) is 3.84. The molecule has 0 heterocycles. The van der Waals surface area contributed by atoms with Crippen LogP contribution in [0.4, 0.5) is 0 Å². The normalized spacial score (nSPS) is 11.7. The number of esters is 1. The number of hydrogen-bond donors (Lipinski definition) is 0. The highest BCUT2D eigenvalue weighted by Gasteiger charge is 2.09. The van der Waals surface area contributed by atoms with Crippen molar-refractivity contribution in [3.63, 3.8) is 0 Å². The molecule has 86 valence electrons. The lowest BCUT2D eigenvalue weighted by molar-refractivity contribution is -0.140. The van der Waals surface area contributed by atoms with Gasteiger partial charge in [0.2, 0.25) is 0 Å². The van der Waals surface area contributed by atoms with Crippen LogP contribution in [0, 0.1) is 5.92 Å². The van der Waals surface area contributed by atoms with Gasteiger partial charge in [-0.25, -0.2) is 0 Å². The Morgan fingerprint density at radius 1 is 1.40 bits per heavy atom. The molecular formula is C13H22O2. The van der Waals surface area contributed by atoms with Gasteiger partial charge in [0.1, 0.15) is 0 Å². The van der Waals surface area contributed by atoms with Gasteiger partial charge in [-0.1, -0.05) is 25.2 Å². The average Bonchev–Trinajstić information content (AvgIpc) is 2.00. The van der Waals surface area contributed by atoms with Gasteiger partial charge in [0.25, 0.3) is 0 Å². The second-order valence-corrected chi connectivity index (χ2v) is 4.34. The van der Waals surface area contributed by atoms with Crippen LogP contribution in [0.1, 0.15) is 47.0 Å². The van der Waals surface area contributed by atoms with E-state index in [1.807, 2.05) is 0 Å². The van der Waals surface area contributed by atoms with E-state index in [1.165, 1.54) is 5.57 Å². The van der Waals surface area contributed by atoms with Crippen LogP contribution in [0.15, 0.2) is 24.0 Å². The highest BCUT2D eigenvalue weighted by Crippen LogP contribution is 2.13. The van der Waals surface area contributed by atoms with Gasteiger partial charge in [-0.3, -0.25) is 4.79 Å². The van der Waals surface area contributed by atoms with Crippen molar-refractivity contribution in [2.45, 2.75) is 47.0 Å². The predicted molar refractivity (Wildman–Crippen MR) is 63.4 cm³/mol. The largest absolute Gasteiger partial charge is 0.432 e. The SMILES string of the molecule is C=C(C)OC(=O)CC(C)CCC=C(C)C. The number of allylic oxidation sites excluding steroid dienone is 3. The van der Waals surface area contributed by atoms with Crippen LogP contribution in [-0.2, 0) is 9.53 Å². The fraction of sp³-hybridized carbons (Fsp3) is 0.615. The molecule has 0 spiro atoms. The molecular weight excluding hydrogens is 188 g/mol. The van der Waals surface area contributed by atoms with E-state index < -0.39 is 0 Å². The third-order valence-corrected chi connectivity index (χ3v) is 2.02. The van der Waals surface area contributed by atoms with E-state index in [4.69, 9.17) is 4.74 Å². The van der Waals surface area contributed by atoms with Crippen molar-refractivity contribution in [2.75, 3.05) is 0 Å². The summed E-state index contributed by atoms with van der Waals surface area (Å²) in [5, 5.41) is 0. The van der Waals surface area contributed by atoms with Crippen molar-refractivity contribution in [2.24, 2.45) is 5.92 Å². The molecule has 1 unspecified atom stereocenters. The Hall–Kier alpha value is -1.05. The maximum atomic E-state index is 11.3. The molecule has 0 fully saturated rings. The lowest BCUT2D eigenvalue weighted by Gasteiger charge is -2.09. The van der Waals surface area contributed by atoms with E-state index in [0.29, 0.717) is 18.1 Å². The van der Waals surface area contributed by atoms with E-state index in [1.54, 1.807) is 6.92 Å². The molecule has 0 N–H and O–H groups in total. The van der Waals surface area contributed by atoms with Gasteiger partial charge in [-0.05, 0) is 39.5 Å². The molecule has 0 aliphatic carbocycles. The van der Waals surface area contributed by atoms with Crippen molar-refractivity contribution >= 4 is 5.97 Å². The van der Waals surface area contributed by atoms with Gasteiger partial charge in [-0.15, -0.1) is 0 Å². The summed E-state index contributed by atoms with van der Waals surface area (Å²) in [6, 6.07) is 0. The summed E-state index contributed by atoms with van der Waals surface area (Å²) < 4.78 is 4.90. The van der Waals surface area contributed by atoms with Crippen molar-refractivity contribution in [3.8, 4) is 0 Å². The molecule has 0 saturated carbocycles. The molecule has 1 atom stereocenters. The van der Waals surface area contributed by atoms with Crippen LogP contribution in [0.2, 0.25) is 0 Å². The Morgan fingerprint density at radius 3 is 2.47 bits per heavy atom. The van der Waals surface area contributed by atoms with Gasteiger partial charge in [-0.2, -0.15) is 0 Å². The Kier molecular flexibility index (Phi) is 6.76. The van der Waals surface area contributed by atoms with E-state index in [9.17, 15) is 4.79 Å². The Bertz CT molecular complexity index is 247. The summed E-state index contributed by atoms with van der Waals surface area (Å²) in [6.45, 7) is 11.5. The first-order valence-electron chi connectivity index (χ1n) is 5.41. The lowest BCUT2D eigenvalue weighted by atomic mass is 10.0. The van der Waals surface area contributed by atoms with Crippen LogP contribution < -0.4 is 0 Å². The zero-order valence-electron chi connectivity index (χ0n) is 10.3. The van der Waals surface area contributed by atoms with E-state index in [-0.39, 0.29) is 5.97 Å². The van der Waals surface area contributed by atoms with Gasteiger partial charge < -0.3 is 4.74 Å². The van der Waals surface area contributed by atoms with Crippen molar-refractivity contribution in [1.82, 2.24) is 0 Å². The highest BCUT2D eigenvalue weighted by atomic mass is 16.5. The summed E-state index contributed by atoms with van der Waals surface area (Å²) in [4.78, 5) is 11.3. The Balaban J connectivity index is 3.73. The molecule has 0 bridgehead atoms. The number of carbonyl (C=O) groups is 1. The number of hydrogen-bond acceptors (Lipinski definition) is 2. The standard InChI is InChI=1S/C13H22O2/c1-10(2)7-6-8-12(5)9-13(14)15-11(3)4/h7,12H,3,6,8-9H2,1-2,4-5H3. The second kappa shape index (κ2) is 7.27. The lowest BCUT2D eigenvalue weighted by Crippen LogP contribution is -2.08. The van der Waals surface area contributed by atoms with Gasteiger partial charge in [0.15, 0.2) is 0 Å². The molecule has 0 aromatic rings. The fourth-order valence-corrected chi connectivity index (χ4v) is 1.28. The summed E-state index contributed by atoms with van der Waals surface area (Å²) >= 11 is 0. The molecule has 0 radical (unpaired) electrons. The monoisotopic (exact) mass is 210 g/mol. The first kappa shape index (κ1) is 13.9. The fourth-order valence-electron chi connectivity index (χ4n) is 1.28. The molecule has 0 aliphatic heterocycles. The van der Waals surface area contributed by atoms with E-state index in [0.717, 1.165) is 12.8 Å². The van der Waals surface area contributed by atoms with Crippen molar-refractivity contribution < 1.29 is 9.53 Å². The third-order valence-electron chi connectivity index (χ3n) is 2.02. The van der Waals surface area contributed by atoms with Gasteiger partial charge in [0.05, 0.1) is 5.76 Å². The molecule has 0 saturated heterocycles. The number of rotatable bonds is 6. The Morgan fingerprint density at radius 2 is 2.00 bits per heavy atom. The van der Waals surface area contributed by atoms with Crippen molar-refractivity contribution in [1.29, 1.82) is 0 Å². The molecule has 0 aromatic heterocycles. The topological polar surface area (TPSA) is 26.3 Å². The van der Waals surface area contributed by atoms with Crippen molar-refractivity contribution in [3.05, 3.63) is 24.0 Å². The molecule has 0 rings (SSSR count). The molecule has 0 aromatic carbocycles. The minimum absolute atomic E-state index is 0.174. The number of ether oxygens (including phenoxy) is 1. The molecule has 0 amide bonds. The maximum Gasteiger partial charge on any atom is 0.311 e. The summed E-state index contributed by atoms with van der Waals surface area (Å²) in [7, 11) is 0. The summed E-state index contributed by atoms with van der Waals surface area (Å²) in [5.74, 6) is 0.663. The second-order valence-electron chi connectivity index (χ2n) is 4.34. The van der Waals surface area contributed by atoms with E-state index in [2.05, 4.69) is 33.4 Å². The molecule has 2 heteroatoms. The number of carbonyl (C=O) groups excluding carboxylic acids is 1. The molecule has 0 aliphatic rings. The average molecular weight is 210 g/mol. The van der Waals surface area contributed by atoms with Crippen LogP contribution >= 0.6 is 0 Å². The van der Waals surface area contributed by atoms with E-state index >= 15 is 0 Å². The smallest absolute Gasteiger partial charge is 0.311 e. The van der Waals surface area contributed by atoms with Crippen LogP contribution in [0.5, 0.6) is 0 Å². The van der Waals surface area contributed by atoms with Crippen LogP contribution in [0.25, 0.3) is 0 Å². The van der Waals surface area contributed by atoms with Gasteiger partial charge in [0, 0.05) is 6.42 Å². The first-order chi connectivity index (χ1) is 6.91. The third kappa shape index (κ3) is 9.26.